The Morgan fingerprint density at radius 2 is 0.467 bits per heavy atom. The van der Waals surface area contributed by atoms with Crippen LogP contribution in [0, 0.1) is 0 Å². The third-order valence-electron chi connectivity index (χ3n) is 21.6. The minimum atomic E-state index is -0.352. The number of quaternary nitrogens is 6. The molecule has 10 rings (SSSR count). The summed E-state index contributed by atoms with van der Waals surface area (Å²) in [5.41, 5.74) is 3.18. The third-order valence-corrected chi connectivity index (χ3v) is 21.6. The number of carbonyl (C=O) groups excluding carboxylic acids is 8. The van der Waals surface area contributed by atoms with Crippen molar-refractivity contribution < 1.29 is 65.3 Å². The summed E-state index contributed by atoms with van der Waals surface area (Å²) >= 11 is 0. The van der Waals surface area contributed by atoms with E-state index in [1.165, 1.54) is 58.4 Å². The second-order valence-electron chi connectivity index (χ2n) is 29.9. The van der Waals surface area contributed by atoms with Crippen LogP contribution >= 0.6 is 0 Å². The zero-order valence-corrected chi connectivity index (χ0v) is 57.0. The van der Waals surface area contributed by atoms with Crippen molar-refractivity contribution in [3.8, 4) is 0 Å². The van der Waals surface area contributed by atoms with Crippen LogP contribution in [0.25, 0.3) is 21.5 Å². The molecule has 4 aromatic carbocycles. The Morgan fingerprint density at radius 1 is 0.289 bits per heavy atom. The Bertz CT molecular complexity index is 3060. The second-order valence-corrected chi connectivity index (χ2v) is 29.9. The van der Waals surface area contributed by atoms with Crippen molar-refractivity contribution in [2.45, 2.75) is 105 Å². The summed E-state index contributed by atoms with van der Waals surface area (Å²) in [5, 5.41) is 1.81. The topological polar surface area (TPSA) is 150 Å². The number of benzene rings is 4. The predicted octanol–water partition coefficient (Wildman–Crippen LogP) is 8.79. The highest BCUT2D eigenvalue weighted by molar-refractivity contribution is 6.34. The van der Waals surface area contributed by atoms with E-state index in [2.05, 4.69) is 84.1 Å². The molecule has 4 aromatic rings. The Labute approximate surface area is 536 Å². The summed E-state index contributed by atoms with van der Waals surface area (Å²) in [7, 11) is 18.1. The minimum absolute atomic E-state index is 0.332. The van der Waals surface area contributed by atoms with Crippen molar-refractivity contribution in [3.63, 3.8) is 0 Å². The van der Waals surface area contributed by atoms with Crippen LogP contribution in [0.3, 0.4) is 0 Å². The maximum Gasteiger partial charge on any atom is 0.261 e. The third kappa shape index (κ3) is 14.2. The second kappa shape index (κ2) is 27.5. The minimum Gasteiger partial charge on any atom is -0.328 e. The van der Waals surface area contributed by atoms with Gasteiger partial charge >= 0.3 is 0 Å². The monoisotopic (exact) mass is 1240 g/mol. The summed E-state index contributed by atoms with van der Waals surface area (Å²) in [6, 6.07) is 13.4. The highest BCUT2D eigenvalue weighted by Crippen LogP contribution is 2.40. The van der Waals surface area contributed by atoms with Crippen molar-refractivity contribution in [2.75, 3.05) is 187 Å². The van der Waals surface area contributed by atoms with Crippen LogP contribution in [-0.2, 0) is 0 Å². The van der Waals surface area contributed by atoms with Gasteiger partial charge < -0.3 is 26.9 Å². The molecule has 6 heterocycles. The van der Waals surface area contributed by atoms with Crippen LogP contribution in [-0.4, -0.2) is 281 Å². The van der Waals surface area contributed by atoms with E-state index >= 15 is 0 Å². The molecule has 0 saturated carbocycles. The Morgan fingerprint density at radius 3 is 0.667 bits per heavy atom. The quantitative estimate of drug-likeness (QED) is 0.0405. The first-order valence-electron chi connectivity index (χ1n) is 34.3. The largest absolute Gasteiger partial charge is 0.328 e. The Kier molecular flexibility index (Phi) is 20.8. The van der Waals surface area contributed by atoms with E-state index in [4.69, 9.17) is 0 Å². The van der Waals surface area contributed by atoms with Crippen molar-refractivity contribution >= 4 is 68.8 Å². The number of hydrogen-bond acceptors (Lipinski definition) is 8. The highest BCUT2D eigenvalue weighted by Gasteiger charge is 2.44. The van der Waals surface area contributed by atoms with Gasteiger partial charge in [-0.1, -0.05) is 53.4 Å². The molecule has 0 atom stereocenters. The lowest BCUT2D eigenvalue weighted by Gasteiger charge is -2.46. The molecule has 0 unspecified atom stereocenters. The number of carbonyl (C=O) groups is 8. The van der Waals surface area contributed by atoms with Gasteiger partial charge in [-0.2, -0.15) is 0 Å². The van der Waals surface area contributed by atoms with E-state index in [1.54, 1.807) is 48.5 Å². The number of piperazine rings is 2. The lowest BCUT2D eigenvalue weighted by Crippen LogP contribution is -2.64. The van der Waals surface area contributed by atoms with E-state index in [0.717, 1.165) is 157 Å². The van der Waals surface area contributed by atoms with Crippen LogP contribution in [0.4, 0.5) is 0 Å². The van der Waals surface area contributed by atoms with Crippen LogP contribution in [0.1, 0.15) is 188 Å². The van der Waals surface area contributed by atoms with Crippen LogP contribution in [0.2, 0.25) is 0 Å². The van der Waals surface area contributed by atoms with Crippen molar-refractivity contribution in [1.82, 2.24) is 19.6 Å². The van der Waals surface area contributed by atoms with E-state index in [-0.39, 0.29) is 47.3 Å². The summed E-state index contributed by atoms with van der Waals surface area (Å²) in [6.45, 7) is 27.4. The molecule has 0 N–H and O–H groups in total. The molecule has 6 aliphatic heterocycles. The van der Waals surface area contributed by atoms with E-state index < -0.39 is 0 Å². The van der Waals surface area contributed by atoms with Gasteiger partial charge in [0.25, 0.3) is 47.3 Å². The molecule has 0 aromatic heterocycles. The summed E-state index contributed by atoms with van der Waals surface area (Å²) in [6.07, 6.45) is 12.4. The smallest absolute Gasteiger partial charge is 0.261 e. The van der Waals surface area contributed by atoms with Gasteiger partial charge in [0, 0.05) is 118 Å². The summed E-state index contributed by atoms with van der Waals surface area (Å²) in [5.74, 6) is -2.74. The Hall–Kier alpha value is -6.28. The molecule has 90 heavy (non-hydrogen) atoms. The van der Waals surface area contributed by atoms with Gasteiger partial charge in [-0.3, -0.25) is 58.0 Å². The lowest BCUT2D eigenvalue weighted by molar-refractivity contribution is -1.02. The molecular formula is C72H108N10O8+6. The molecule has 18 nitrogen and oxygen atoms in total. The zero-order chi connectivity index (χ0) is 65.1. The predicted molar refractivity (Wildman–Crippen MR) is 354 cm³/mol. The molecule has 488 valence electrons. The number of hydrogen-bond donors (Lipinski definition) is 0. The molecule has 2 fully saturated rings. The first-order valence-corrected chi connectivity index (χ1v) is 34.3. The maximum absolute atomic E-state index is 13.8. The Balaban J connectivity index is 0.000000219. The fraction of sp³-hybridized carbons (Fsp3) is 0.611. The number of unbranched alkanes of at least 4 members (excludes halogenated alkanes) is 4. The van der Waals surface area contributed by atoms with Crippen molar-refractivity contribution in [1.29, 1.82) is 0 Å². The van der Waals surface area contributed by atoms with Gasteiger partial charge in [-0.05, 0) is 74.2 Å². The number of rotatable bonds is 28. The molecule has 0 bridgehead atoms. The average Bonchev–Trinajstić information content (AvgIpc) is 0.724. The average molecular weight is 1240 g/mol. The molecular weight excluding hydrogens is 1130 g/mol. The van der Waals surface area contributed by atoms with Crippen LogP contribution in [0.15, 0.2) is 48.5 Å². The van der Waals surface area contributed by atoms with E-state index in [1.807, 2.05) is 0 Å². The summed E-state index contributed by atoms with van der Waals surface area (Å²) < 4.78 is 5.89. The highest BCUT2D eigenvalue weighted by atomic mass is 16.2. The molecule has 8 amide bonds. The SMILES string of the molecule is CCCC[N+](C)(C)CCCN1C(=O)c2ccc3c4c(ccc(c24)C1=O)C(=O)N(CCC[N+](C)(C)CCCC)C3=O.CCCC[N+]1(C)CC[N+](C)(CCCN2C(=O)c3ccc4c5c(ccc(c35)C2=O)C(=O)N(CCC[N+]2(C)CC[N+](C)(CCCC)CC2)C4=O)CC1. The van der Waals surface area contributed by atoms with Gasteiger partial charge in [0.05, 0.1) is 109 Å². The standard InChI is InChI=1S/C40H62N6O4.C32H46N4O4/c1-7-9-19-43(3)23-27-45(5,28-24-43)21-11-17-41-37(47)31-13-15-33-36-34(16-14-32(35(31)36)38(41)48)40(50)42(39(33)49)18-12-22-46(6)29-25-44(4,26-30-46)20-10-8-2;1-7-9-19-35(3,4)21-11-17-33-29(37)23-13-15-25-28-26(16-14-24(27(23)28)30(33)38)32(40)34(31(25)39)18-12-22-36(5,6)20-10-8-2/h13-16H,7-12,17-30H2,1-6H3;13-16H,7-12,17-22H2,1-6H3/q+4;+2. The fourth-order valence-corrected chi connectivity index (χ4v) is 15.0. The molecule has 2 saturated heterocycles. The summed E-state index contributed by atoms with van der Waals surface area (Å²) in [4.78, 5) is 115. The van der Waals surface area contributed by atoms with E-state index in [9.17, 15) is 38.4 Å². The van der Waals surface area contributed by atoms with E-state index in [0.29, 0.717) is 105 Å². The van der Waals surface area contributed by atoms with Gasteiger partial charge in [0.1, 0.15) is 52.4 Å². The van der Waals surface area contributed by atoms with Gasteiger partial charge in [0.2, 0.25) is 0 Å². The first kappa shape index (κ1) is 68.1. The van der Waals surface area contributed by atoms with Gasteiger partial charge in [-0.25, -0.2) is 0 Å². The fourth-order valence-electron chi connectivity index (χ4n) is 15.0. The number of nitrogens with zero attached hydrogens (tertiary/aromatic N) is 10. The number of amides is 8. The molecule has 6 aliphatic rings. The van der Waals surface area contributed by atoms with Crippen LogP contribution < -0.4 is 0 Å². The number of likely N-dealkylation sites (N-methyl/N-ethyl adjacent to an activating group) is 4. The zero-order valence-electron chi connectivity index (χ0n) is 57.0. The lowest BCUT2D eigenvalue weighted by atomic mass is 9.86. The first-order chi connectivity index (χ1) is 42.7. The number of imide groups is 4. The molecule has 0 spiro atoms. The van der Waals surface area contributed by atoms with Gasteiger partial charge in [0.15, 0.2) is 0 Å². The van der Waals surface area contributed by atoms with Crippen LogP contribution in [0.5, 0.6) is 0 Å². The maximum atomic E-state index is 13.8. The molecule has 0 aliphatic carbocycles. The molecule has 18 heteroatoms. The van der Waals surface area contributed by atoms with Gasteiger partial charge in [-0.15, -0.1) is 0 Å². The normalized spacial score (nSPS) is 23.4. The van der Waals surface area contributed by atoms with Crippen molar-refractivity contribution in [2.24, 2.45) is 0 Å². The van der Waals surface area contributed by atoms with Crippen molar-refractivity contribution in [3.05, 3.63) is 93.0 Å². The molecule has 0 radical (unpaired) electrons.